The topological polar surface area (TPSA) is 67.4 Å². The first-order chi connectivity index (χ1) is 15.7. The van der Waals surface area contributed by atoms with E-state index in [0.29, 0.717) is 18.6 Å². The zero-order valence-corrected chi connectivity index (χ0v) is 18.3. The molecule has 2 heterocycles. The summed E-state index contributed by atoms with van der Waals surface area (Å²) in [6, 6.07) is 24.0. The predicted molar refractivity (Wildman–Crippen MR) is 125 cm³/mol. The van der Waals surface area contributed by atoms with Crippen molar-refractivity contribution in [3.05, 3.63) is 83.6 Å². The van der Waals surface area contributed by atoms with Gasteiger partial charge in [0.15, 0.2) is 0 Å². The van der Waals surface area contributed by atoms with Crippen molar-refractivity contribution in [3.63, 3.8) is 0 Å². The Kier molecular flexibility index (Phi) is 6.32. The molecule has 0 N–H and O–H groups in total. The molecule has 5 nitrogen and oxygen atoms in total. The Morgan fingerprint density at radius 2 is 1.81 bits per heavy atom. The summed E-state index contributed by atoms with van der Waals surface area (Å²) in [4.78, 5) is 12.2. The SMILES string of the molecule is CCOC(=O)CCc1c(-c2ccccc2)nn2c(CC)ccc2c1-c1cccc(C#N)c1. The number of benzene rings is 2. The molecule has 0 saturated carbocycles. The molecule has 0 amide bonds. The van der Waals surface area contributed by atoms with Gasteiger partial charge in [0.25, 0.3) is 0 Å². The molecule has 2 aromatic carbocycles. The first kappa shape index (κ1) is 21.3. The van der Waals surface area contributed by atoms with Crippen LogP contribution in [-0.4, -0.2) is 22.2 Å². The normalized spacial score (nSPS) is 10.8. The number of hydrogen-bond donors (Lipinski definition) is 0. The van der Waals surface area contributed by atoms with Crippen molar-refractivity contribution in [3.8, 4) is 28.5 Å². The summed E-state index contributed by atoms with van der Waals surface area (Å²) < 4.78 is 7.18. The van der Waals surface area contributed by atoms with Gasteiger partial charge in [-0.15, -0.1) is 0 Å². The van der Waals surface area contributed by atoms with Crippen LogP contribution in [0.2, 0.25) is 0 Å². The zero-order valence-electron chi connectivity index (χ0n) is 18.3. The summed E-state index contributed by atoms with van der Waals surface area (Å²) in [6.07, 6.45) is 1.60. The van der Waals surface area contributed by atoms with Crippen molar-refractivity contribution in [2.75, 3.05) is 6.61 Å². The van der Waals surface area contributed by atoms with E-state index in [4.69, 9.17) is 9.84 Å². The van der Waals surface area contributed by atoms with E-state index in [1.54, 1.807) is 6.07 Å². The van der Waals surface area contributed by atoms with Gasteiger partial charge in [-0.3, -0.25) is 4.79 Å². The molecule has 0 aliphatic rings. The Morgan fingerprint density at radius 3 is 2.53 bits per heavy atom. The molecule has 4 aromatic rings. The predicted octanol–water partition coefficient (Wildman–Crippen LogP) is 5.60. The Hall–Kier alpha value is -3.91. The molecule has 0 saturated heterocycles. The lowest BCUT2D eigenvalue weighted by Gasteiger charge is -2.18. The maximum atomic E-state index is 12.2. The molecule has 0 unspecified atom stereocenters. The van der Waals surface area contributed by atoms with E-state index in [0.717, 1.165) is 45.6 Å². The third-order valence-electron chi connectivity index (χ3n) is 5.55. The minimum Gasteiger partial charge on any atom is -0.466 e. The number of nitriles is 1. The summed E-state index contributed by atoms with van der Waals surface area (Å²) in [5.74, 6) is -0.229. The van der Waals surface area contributed by atoms with E-state index in [1.807, 2.05) is 60.0 Å². The quantitative estimate of drug-likeness (QED) is 0.363. The Labute approximate surface area is 187 Å². The Morgan fingerprint density at radius 1 is 1.03 bits per heavy atom. The Bertz CT molecular complexity index is 1300. The fourth-order valence-electron chi connectivity index (χ4n) is 4.08. The summed E-state index contributed by atoms with van der Waals surface area (Å²) in [6.45, 7) is 4.28. The van der Waals surface area contributed by atoms with Gasteiger partial charge >= 0.3 is 5.97 Å². The third-order valence-corrected chi connectivity index (χ3v) is 5.55. The molecule has 0 radical (unpaired) electrons. The van der Waals surface area contributed by atoms with Gasteiger partial charge in [-0.05, 0) is 55.2 Å². The van der Waals surface area contributed by atoms with Gasteiger partial charge in [-0.2, -0.15) is 10.4 Å². The summed E-state index contributed by atoms with van der Waals surface area (Å²) in [7, 11) is 0. The molecule has 32 heavy (non-hydrogen) atoms. The number of aryl methyl sites for hydroxylation is 1. The van der Waals surface area contributed by atoms with Gasteiger partial charge in [-0.1, -0.05) is 49.4 Å². The lowest BCUT2D eigenvalue weighted by molar-refractivity contribution is -0.143. The monoisotopic (exact) mass is 423 g/mol. The number of aromatic nitrogens is 2. The number of fused-ring (bicyclic) bond motifs is 1. The highest BCUT2D eigenvalue weighted by atomic mass is 16.5. The van der Waals surface area contributed by atoms with Crippen LogP contribution >= 0.6 is 0 Å². The fraction of sp³-hybridized carbons (Fsp3) is 0.222. The van der Waals surface area contributed by atoms with Crippen molar-refractivity contribution in [2.45, 2.75) is 33.1 Å². The number of rotatable bonds is 7. The first-order valence-electron chi connectivity index (χ1n) is 10.9. The zero-order chi connectivity index (χ0) is 22.5. The number of carbonyl (C=O) groups excluding carboxylic acids is 1. The highest BCUT2D eigenvalue weighted by Crippen LogP contribution is 2.36. The highest BCUT2D eigenvalue weighted by Gasteiger charge is 2.21. The van der Waals surface area contributed by atoms with Crippen LogP contribution in [0.5, 0.6) is 0 Å². The van der Waals surface area contributed by atoms with Crippen molar-refractivity contribution < 1.29 is 9.53 Å². The standard InChI is InChI=1S/C27H25N3O2/c1-3-22-13-15-24-26(21-12-8-9-19(17-21)18-28)23(14-16-25(31)32-4-2)27(29-30(22)24)20-10-6-5-7-11-20/h5-13,15,17H,3-4,14,16H2,1-2H3. The van der Waals surface area contributed by atoms with Gasteiger partial charge in [0.2, 0.25) is 0 Å². The van der Waals surface area contributed by atoms with Crippen molar-refractivity contribution >= 4 is 11.5 Å². The van der Waals surface area contributed by atoms with E-state index in [2.05, 4.69) is 25.1 Å². The maximum Gasteiger partial charge on any atom is 0.306 e. The molecular weight excluding hydrogens is 398 g/mol. The van der Waals surface area contributed by atoms with Crippen LogP contribution in [0.1, 0.15) is 37.1 Å². The summed E-state index contributed by atoms with van der Waals surface area (Å²) in [5.41, 5.74) is 7.41. The van der Waals surface area contributed by atoms with Crippen molar-refractivity contribution in [1.29, 1.82) is 5.26 Å². The molecule has 0 spiro atoms. The van der Waals surface area contributed by atoms with Crippen LogP contribution in [0, 0.1) is 11.3 Å². The number of hydrogen-bond acceptors (Lipinski definition) is 4. The number of ether oxygens (including phenoxy) is 1. The molecule has 160 valence electrons. The van der Waals surface area contributed by atoms with Crippen LogP contribution in [0.15, 0.2) is 66.7 Å². The second-order valence-corrected chi connectivity index (χ2v) is 7.54. The number of esters is 1. The van der Waals surface area contributed by atoms with E-state index in [1.165, 1.54) is 0 Å². The smallest absolute Gasteiger partial charge is 0.306 e. The molecule has 5 heteroatoms. The van der Waals surface area contributed by atoms with Gasteiger partial charge < -0.3 is 4.74 Å². The maximum absolute atomic E-state index is 12.2. The lowest BCUT2D eigenvalue weighted by Crippen LogP contribution is -2.10. The number of nitrogens with zero attached hydrogens (tertiary/aromatic N) is 3. The second-order valence-electron chi connectivity index (χ2n) is 7.54. The van der Waals surface area contributed by atoms with E-state index < -0.39 is 0 Å². The van der Waals surface area contributed by atoms with Gasteiger partial charge in [0.1, 0.15) is 0 Å². The second kappa shape index (κ2) is 9.49. The molecular formula is C27H25N3O2. The van der Waals surface area contributed by atoms with Crippen LogP contribution < -0.4 is 0 Å². The third kappa shape index (κ3) is 4.13. The van der Waals surface area contributed by atoms with E-state index >= 15 is 0 Å². The van der Waals surface area contributed by atoms with Crippen LogP contribution in [0.25, 0.3) is 27.9 Å². The van der Waals surface area contributed by atoms with Gasteiger partial charge in [0, 0.05) is 23.2 Å². The summed E-state index contributed by atoms with van der Waals surface area (Å²) in [5, 5.41) is 14.5. The average Bonchev–Trinajstić information content (AvgIpc) is 3.25. The Balaban J connectivity index is 2.02. The fourth-order valence-corrected chi connectivity index (χ4v) is 4.08. The van der Waals surface area contributed by atoms with E-state index in [-0.39, 0.29) is 12.4 Å². The minimum absolute atomic E-state index is 0.229. The lowest BCUT2D eigenvalue weighted by atomic mass is 9.92. The molecule has 0 atom stereocenters. The molecule has 0 aliphatic heterocycles. The molecule has 0 bridgehead atoms. The summed E-state index contributed by atoms with van der Waals surface area (Å²) >= 11 is 0. The van der Waals surface area contributed by atoms with Gasteiger partial charge in [0.05, 0.1) is 29.5 Å². The molecule has 2 aromatic heterocycles. The highest BCUT2D eigenvalue weighted by molar-refractivity contribution is 5.88. The van der Waals surface area contributed by atoms with Crippen molar-refractivity contribution in [1.82, 2.24) is 9.61 Å². The first-order valence-corrected chi connectivity index (χ1v) is 10.9. The van der Waals surface area contributed by atoms with Crippen LogP contribution in [0.3, 0.4) is 0 Å². The average molecular weight is 424 g/mol. The van der Waals surface area contributed by atoms with Crippen LogP contribution in [-0.2, 0) is 22.4 Å². The largest absolute Gasteiger partial charge is 0.466 e. The molecule has 4 rings (SSSR count). The van der Waals surface area contributed by atoms with Gasteiger partial charge in [-0.25, -0.2) is 4.52 Å². The minimum atomic E-state index is -0.229. The molecule has 0 aliphatic carbocycles. The van der Waals surface area contributed by atoms with Crippen molar-refractivity contribution in [2.24, 2.45) is 0 Å². The molecule has 0 fully saturated rings. The van der Waals surface area contributed by atoms with Crippen LogP contribution in [0.4, 0.5) is 0 Å². The van der Waals surface area contributed by atoms with E-state index in [9.17, 15) is 10.1 Å². The number of carbonyl (C=O) groups is 1.